The number of rotatable bonds is 5. The van der Waals surface area contributed by atoms with E-state index in [-0.39, 0.29) is 0 Å². The topological polar surface area (TPSA) is 47.1 Å². The molecular weight excluding hydrogens is 208 g/mol. The lowest BCUT2D eigenvalue weighted by Gasteiger charge is -2.27. The zero-order valence-corrected chi connectivity index (χ0v) is 10.3. The van der Waals surface area contributed by atoms with Crippen LogP contribution < -0.4 is 10.6 Å². The molecule has 0 aliphatic heterocycles. The molecule has 2 N–H and O–H groups in total. The molecule has 0 saturated heterocycles. The van der Waals surface area contributed by atoms with Crippen LogP contribution in [0.25, 0.3) is 0 Å². The van der Waals surface area contributed by atoms with Gasteiger partial charge in [-0.05, 0) is 13.8 Å². The quantitative estimate of drug-likeness (QED) is 0.769. The van der Waals surface area contributed by atoms with E-state index in [0.29, 0.717) is 11.0 Å². The number of thiocarbonyl (C=S) groups is 1. The first-order chi connectivity index (χ1) is 7.02. The van der Waals surface area contributed by atoms with Gasteiger partial charge in [0.25, 0.3) is 0 Å². The summed E-state index contributed by atoms with van der Waals surface area (Å²) >= 11 is 4.89. The van der Waals surface area contributed by atoms with E-state index in [1.165, 1.54) is 0 Å². The number of nitrogens with zero attached hydrogens (tertiary/aromatic N) is 3. The zero-order chi connectivity index (χ0) is 11.4. The van der Waals surface area contributed by atoms with Crippen molar-refractivity contribution in [3.63, 3.8) is 0 Å². The highest BCUT2D eigenvalue weighted by Crippen LogP contribution is 2.13. The van der Waals surface area contributed by atoms with Gasteiger partial charge < -0.3 is 15.2 Å². The Labute approximate surface area is 96.1 Å². The highest BCUT2D eigenvalue weighted by molar-refractivity contribution is 7.80. The van der Waals surface area contributed by atoms with Crippen molar-refractivity contribution in [2.45, 2.75) is 26.3 Å². The Hall–Kier alpha value is -1.10. The summed E-state index contributed by atoms with van der Waals surface area (Å²) in [5.41, 5.74) is 5.51. The first kappa shape index (κ1) is 12.0. The van der Waals surface area contributed by atoms with Crippen LogP contribution in [0, 0.1) is 0 Å². The molecule has 0 amide bonds. The Morgan fingerprint density at radius 3 is 2.73 bits per heavy atom. The van der Waals surface area contributed by atoms with Crippen LogP contribution in [-0.2, 0) is 7.05 Å². The second kappa shape index (κ2) is 5.11. The fraction of sp³-hybridized carbons (Fsp3) is 0.600. The van der Waals surface area contributed by atoms with Gasteiger partial charge in [0.1, 0.15) is 0 Å². The van der Waals surface area contributed by atoms with Crippen molar-refractivity contribution in [2.75, 3.05) is 11.4 Å². The number of nitrogens with two attached hydrogens (primary N) is 1. The van der Waals surface area contributed by atoms with E-state index in [1.54, 1.807) is 6.20 Å². The molecule has 0 saturated carbocycles. The van der Waals surface area contributed by atoms with Gasteiger partial charge in [0.05, 0.1) is 4.99 Å². The molecule has 0 atom stereocenters. The molecule has 0 aromatic carbocycles. The van der Waals surface area contributed by atoms with E-state index in [1.807, 2.05) is 17.8 Å². The summed E-state index contributed by atoms with van der Waals surface area (Å²) in [6.45, 7) is 5.08. The smallest absolute Gasteiger partial charge is 0.205 e. The van der Waals surface area contributed by atoms with Crippen molar-refractivity contribution in [3.8, 4) is 0 Å². The molecule has 0 bridgehead atoms. The number of anilines is 1. The molecule has 0 aliphatic carbocycles. The number of hydrogen-bond acceptors (Lipinski definition) is 3. The van der Waals surface area contributed by atoms with Crippen LogP contribution in [0.5, 0.6) is 0 Å². The van der Waals surface area contributed by atoms with Gasteiger partial charge in [-0.25, -0.2) is 4.98 Å². The van der Waals surface area contributed by atoms with Gasteiger partial charge in [0.2, 0.25) is 5.95 Å². The SMILES string of the molecule is CC(C)N(CCC(N)=S)c1nccn1C. The third-order valence-electron chi connectivity index (χ3n) is 2.28. The maximum Gasteiger partial charge on any atom is 0.205 e. The molecule has 1 heterocycles. The Kier molecular flexibility index (Phi) is 4.08. The lowest BCUT2D eigenvalue weighted by Crippen LogP contribution is -2.35. The van der Waals surface area contributed by atoms with Crippen molar-refractivity contribution in [3.05, 3.63) is 12.4 Å². The van der Waals surface area contributed by atoms with Crippen LogP contribution in [0.3, 0.4) is 0 Å². The molecule has 0 aliphatic rings. The molecule has 1 aromatic rings. The molecule has 1 aromatic heterocycles. The van der Waals surface area contributed by atoms with Crippen LogP contribution in [0.4, 0.5) is 5.95 Å². The molecule has 1 rings (SSSR count). The van der Waals surface area contributed by atoms with Gasteiger partial charge in [-0.2, -0.15) is 0 Å². The van der Waals surface area contributed by atoms with Gasteiger partial charge in [-0.15, -0.1) is 0 Å². The summed E-state index contributed by atoms with van der Waals surface area (Å²) in [5.74, 6) is 0.959. The van der Waals surface area contributed by atoms with Crippen molar-refractivity contribution in [1.82, 2.24) is 9.55 Å². The summed E-state index contributed by atoms with van der Waals surface area (Å²) in [6.07, 6.45) is 4.46. The van der Waals surface area contributed by atoms with Gasteiger partial charge in [0.15, 0.2) is 0 Å². The third-order valence-corrected chi connectivity index (χ3v) is 2.48. The lowest BCUT2D eigenvalue weighted by atomic mass is 10.3. The van der Waals surface area contributed by atoms with Crippen LogP contribution >= 0.6 is 12.2 Å². The summed E-state index contributed by atoms with van der Waals surface area (Å²) in [7, 11) is 1.98. The predicted octanol–water partition coefficient (Wildman–Crippen LogP) is 1.31. The molecule has 0 spiro atoms. The second-order valence-electron chi connectivity index (χ2n) is 3.84. The molecule has 5 heteroatoms. The highest BCUT2D eigenvalue weighted by atomic mass is 32.1. The summed E-state index contributed by atoms with van der Waals surface area (Å²) in [5, 5.41) is 0. The van der Waals surface area contributed by atoms with Gasteiger partial charge in [-0.3, -0.25) is 0 Å². The zero-order valence-electron chi connectivity index (χ0n) is 9.47. The van der Waals surface area contributed by atoms with Gasteiger partial charge in [0, 0.05) is 38.4 Å². The van der Waals surface area contributed by atoms with E-state index in [2.05, 4.69) is 23.7 Å². The summed E-state index contributed by atoms with van der Waals surface area (Å²) < 4.78 is 2.00. The molecule has 84 valence electrons. The molecule has 4 nitrogen and oxygen atoms in total. The van der Waals surface area contributed by atoms with E-state index in [4.69, 9.17) is 18.0 Å². The monoisotopic (exact) mass is 226 g/mol. The first-order valence-electron chi connectivity index (χ1n) is 5.04. The Balaban J connectivity index is 2.75. The summed E-state index contributed by atoms with van der Waals surface area (Å²) in [6, 6.07) is 0.389. The minimum Gasteiger partial charge on any atom is -0.393 e. The minimum atomic E-state index is 0.389. The number of imidazole rings is 1. The molecule has 0 unspecified atom stereocenters. The summed E-state index contributed by atoms with van der Waals surface area (Å²) in [4.78, 5) is 7.06. The van der Waals surface area contributed by atoms with E-state index in [0.717, 1.165) is 18.9 Å². The number of hydrogen-bond donors (Lipinski definition) is 1. The molecular formula is C10H18N4S. The lowest BCUT2D eigenvalue weighted by molar-refractivity contribution is 0.653. The van der Waals surface area contributed by atoms with E-state index < -0.39 is 0 Å². The highest BCUT2D eigenvalue weighted by Gasteiger charge is 2.14. The maximum atomic E-state index is 5.51. The van der Waals surface area contributed by atoms with Crippen LogP contribution in [0.1, 0.15) is 20.3 Å². The largest absolute Gasteiger partial charge is 0.393 e. The van der Waals surface area contributed by atoms with Crippen molar-refractivity contribution >= 4 is 23.2 Å². The van der Waals surface area contributed by atoms with E-state index in [9.17, 15) is 0 Å². The van der Waals surface area contributed by atoms with Gasteiger partial charge >= 0.3 is 0 Å². The van der Waals surface area contributed by atoms with Crippen molar-refractivity contribution in [2.24, 2.45) is 12.8 Å². The number of aromatic nitrogens is 2. The van der Waals surface area contributed by atoms with E-state index >= 15 is 0 Å². The second-order valence-corrected chi connectivity index (χ2v) is 4.37. The third kappa shape index (κ3) is 3.20. The van der Waals surface area contributed by atoms with Crippen LogP contribution in [-0.4, -0.2) is 27.1 Å². The normalized spacial score (nSPS) is 10.7. The fourth-order valence-corrected chi connectivity index (χ4v) is 1.55. The van der Waals surface area contributed by atoms with Crippen molar-refractivity contribution < 1.29 is 0 Å². The Morgan fingerprint density at radius 2 is 2.33 bits per heavy atom. The Bertz CT molecular complexity index is 332. The van der Waals surface area contributed by atoms with Crippen LogP contribution in [0.15, 0.2) is 12.4 Å². The Morgan fingerprint density at radius 1 is 1.67 bits per heavy atom. The van der Waals surface area contributed by atoms with Crippen LogP contribution in [0.2, 0.25) is 0 Å². The minimum absolute atomic E-state index is 0.389. The fourth-order valence-electron chi connectivity index (χ4n) is 1.45. The standard InChI is InChI=1S/C10H18N4S/c1-8(2)14(6-4-9(11)15)10-12-5-7-13(10)3/h5,7-8H,4,6H2,1-3H3,(H2,11,15). The molecule has 0 radical (unpaired) electrons. The maximum absolute atomic E-state index is 5.51. The average molecular weight is 226 g/mol. The van der Waals surface area contributed by atoms with Crippen molar-refractivity contribution in [1.29, 1.82) is 0 Å². The van der Waals surface area contributed by atoms with Gasteiger partial charge in [-0.1, -0.05) is 12.2 Å². The first-order valence-corrected chi connectivity index (χ1v) is 5.45. The number of aryl methyl sites for hydroxylation is 1. The molecule has 0 fully saturated rings. The average Bonchev–Trinajstić information content (AvgIpc) is 2.51. The predicted molar refractivity (Wildman–Crippen MR) is 67.1 cm³/mol. The molecule has 15 heavy (non-hydrogen) atoms.